The first-order chi connectivity index (χ1) is 17.6. The molecule has 182 valence electrons. The van der Waals surface area contributed by atoms with Crippen LogP contribution in [0.5, 0.6) is 0 Å². The minimum atomic E-state index is -0.789. The molecule has 1 amide bonds. The molecule has 10 heteroatoms. The molecule has 5 rings (SSSR count). The van der Waals surface area contributed by atoms with E-state index in [0.29, 0.717) is 40.8 Å². The molecular weight excluding hydrogens is 458 g/mol. The zero-order valence-electron chi connectivity index (χ0n) is 19.6. The van der Waals surface area contributed by atoms with E-state index < -0.39 is 12.1 Å². The summed E-state index contributed by atoms with van der Waals surface area (Å²) in [4.78, 5) is 22.5. The van der Waals surface area contributed by atoms with E-state index in [1.165, 1.54) is 4.68 Å². The van der Waals surface area contributed by atoms with Crippen LogP contribution in [0.2, 0.25) is 0 Å². The highest BCUT2D eigenvalue weighted by Gasteiger charge is 2.29. The van der Waals surface area contributed by atoms with Gasteiger partial charge >= 0.3 is 0 Å². The predicted octanol–water partition coefficient (Wildman–Crippen LogP) is 3.55. The lowest BCUT2D eigenvalue weighted by Crippen LogP contribution is -2.38. The maximum absolute atomic E-state index is 13.6. The fraction of sp³-hybridized carbons (Fsp3) is 0.192. The van der Waals surface area contributed by atoms with Gasteiger partial charge in [-0.1, -0.05) is 53.7 Å². The van der Waals surface area contributed by atoms with E-state index in [4.69, 9.17) is 14.9 Å². The number of pyridine rings is 1. The molecule has 0 fully saturated rings. The van der Waals surface area contributed by atoms with Gasteiger partial charge in [-0.25, -0.2) is 14.6 Å². The molecule has 3 aromatic heterocycles. The van der Waals surface area contributed by atoms with Crippen molar-refractivity contribution in [3.05, 3.63) is 90.4 Å². The van der Waals surface area contributed by atoms with Crippen LogP contribution in [0.4, 0.5) is 5.82 Å². The van der Waals surface area contributed by atoms with Gasteiger partial charge in [-0.3, -0.25) is 4.79 Å². The summed E-state index contributed by atoms with van der Waals surface area (Å²) in [6, 6.07) is 20.9. The summed E-state index contributed by atoms with van der Waals surface area (Å²) < 4.78 is 13.1. The van der Waals surface area contributed by atoms with Crippen molar-refractivity contribution in [1.82, 2.24) is 30.3 Å². The Hall–Kier alpha value is -4.57. The third kappa shape index (κ3) is 4.93. The van der Waals surface area contributed by atoms with Gasteiger partial charge in [-0.15, -0.1) is 5.10 Å². The van der Waals surface area contributed by atoms with E-state index in [-0.39, 0.29) is 12.5 Å². The number of nitrogens with zero attached hydrogens (tertiary/aromatic N) is 5. The second-order valence-corrected chi connectivity index (χ2v) is 8.08. The Morgan fingerprint density at radius 2 is 1.83 bits per heavy atom. The van der Waals surface area contributed by atoms with Gasteiger partial charge < -0.3 is 20.2 Å². The number of nitrogens with two attached hydrogens (primary N) is 1. The summed E-state index contributed by atoms with van der Waals surface area (Å²) in [5.74, 6) is 0.431. The largest absolute Gasteiger partial charge is 0.438 e. The van der Waals surface area contributed by atoms with Gasteiger partial charge in [0.15, 0.2) is 11.6 Å². The molecule has 5 aromatic rings. The molecule has 0 bridgehead atoms. The van der Waals surface area contributed by atoms with Gasteiger partial charge in [0.2, 0.25) is 11.8 Å². The Labute approximate surface area is 207 Å². The quantitative estimate of drug-likeness (QED) is 0.325. The summed E-state index contributed by atoms with van der Waals surface area (Å²) in [5.41, 5.74) is 9.05. The zero-order valence-corrected chi connectivity index (χ0v) is 19.6. The lowest BCUT2D eigenvalue weighted by atomic mass is 10.1. The Balaban J connectivity index is 1.46. The SMILES string of the molecule is CCOCC(C(=O)NC(c1ccccc1)c1nc2ccccc2o1)n1cc(-c2cccc(N)n2)nn1. The number of fused-ring (bicyclic) bond motifs is 1. The molecule has 0 spiro atoms. The summed E-state index contributed by atoms with van der Waals surface area (Å²) in [6.07, 6.45) is 1.65. The molecule has 3 N–H and O–H groups in total. The second kappa shape index (κ2) is 10.4. The molecule has 2 unspecified atom stereocenters. The van der Waals surface area contributed by atoms with Crippen molar-refractivity contribution in [3.8, 4) is 11.4 Å². The number of oxazole rings is 1. The number of amides is 1. The van der Waals surface area contributed by atoms with E-state index in [1.54, 1.807) is 24.4 Å². The predicted molar refractivity (Wildman–Crippen MR) is 134 cm³/mol. The smallest absolute Gasteiger partial charge is 0.248 e. The summed E-state index contributed by atoms with van der Waals surface area (Å²) in [7, 11) is 0. The number of benzene rings is 2. The summed E-state index contributed by atoms with van der Waals surface area (Å²) in [5, 5.41) is 11.5. The fourth-order valence-corrected chi connectivity index (χ4v) is 3.83. The van der Waals surface area contributed by atoms with Gasteiger partial charge in [-0.05, 0) is 36.8 Å². The topological polar surface area (TPSA) is 134 Å². The van der Waals surface area contributed by atoms with Crippen molar-refractivity contribution in [2.24, 2.45) is 0 Å². The van der Waals surface area contributed by atoms with Crippen molar-refractivity contribution in [2.45, 2.75) is 19.0 Å². The first kappa shape index (κ1) is 23.2. The van der Waals surface area contributed by atoms with Crippen molar-refractivity contribution < 1.29 is 13.9 Å². The Kier molecular flexibility index (Phi) is 6.67. The number of para-hydroxylation sites is 2. The Bertz CT molecular complexity index is 1430. The van der Waals surface area contributed by atoms with Gasteiger partial charge in [-0.2, -0.15) is 0 Å². The molecule has 0 radical (unpaired) electrons. The van der Waals surface area contributed by atoms with E-state index >= 15 is 0 Å². The maximum atomic E-state index is 13.6. The minimum absolute atomic E-state index is 0.102. The number of carbonyl (C=O) groups excluding carboxylic acids is 1. The minimum Gasteiger partial charge on any atom is -0.438 e. The third-order valence-corrected chi connectivity index (χ3v) is 5.62. The average Bonchev–Trinajstić information content (AvgIpc) is 3.56. The number of hydrogen-bond donors (Lipinski definition) is 2. The molecule has 36 heavy (non-hydrogen) atoms. The number of carbonyl (C=O) groups is 1. The molecule has 10 nitrogen and oxygen atoms in total. The number of ether oxygens (including phenoxy) is 1. The van der Waals surface area contributed by atoms with E-state index in [1.807, 2.05) is 61.5 Å². The molecule has 0 saturated carbocycles. The van der Waals surface area contributed by atoms with Crippen molar-refractivity contribution in [1.29, 1.82) is 0 Å². The fourth-order valence-electron chi connectivity index (χ4n) is 3.83. The highest BCUT2D eigenvalue weighted by atomic mass is 16.5. The molecule has 0 saturated heterocycles. The van der Waals surface area contributed by atoms with E-state index in [9.17, 15) is 4.79 Å². The first-order valence-corrected chi connectivity index (χ1v) is 11.6. The highest BCUT2D eigenvalue weighted by molar-refractivity contribution is 5.81. The van der Waals surface area contributed by atoms with Gasteiger partial charge in [0.05, 0.1) is 18.5 Å². The molecule has 0 aliphatic carbocycles. The monoisotopic (exact) mass is 483 g/mol. The molecule has 2 aromatic carbocycles. The van der Waals surface area contributed by atoms with Crippen molar-refractivity contribution in [3.63, 3.8) is 0 Å². The van der Waals surface area contributed by atoms with Crippen LogP contribution in [0, 0.1) is 0 Å². The van der Waals surface area contributed by atoms with E-state index in [0.717, 1.165) is 5.56 Å². The molecule has 2 atom stereocenters. The van der Waals surface area contributed by atoms with Gasteiger partial charge in [0, 0.05) is 6.61 Å². The Morgan fingerprint density at radius 1 is 1.03 bits per heavy atom. The van der Waals surface area contributed by atoms with Gasteiger partial charge in [0.25, 0.3) is 0 Å². The summed E-state index contributed by atoms with van der Waals surface area (Å²) in [6.45, 7) is 2.41. The van der Waals surface area contributed by atoms with Crippen LogP contribution in [-0.4, -0.2) is 44.1 Å². The van der Waals surface area contributed by atoms with Crippen LogP contribution in [0.3, 0.4) is 0 Å². The lowest BCUT2D eigenvalue weighted by molar-refractivity contribution is -0.127. The van der Waals surface area contributed by atoms with Crippen LogP contribution in [0.25, 0.3) is 22.5 Å². The lowest BCUT2D eigenvalue weighted by Gasteiger charge is -2.21. The van der Waals surface area contributed by atoms with Crippen LogP contribution in [0.1, 0.15) is 30.5 Å². The normalized spacial score (nSPS) is 12.9. The summed E-state index contributed by atoms with van der Waals surface area (Å²) >= 11 is 0. The molecule has 3 heterocycles. The first-order valence-electron chi connectivity index (χ1n) is 11.6. The van der Waals surface area contributed by atoms with Crippen LogP contribution < -0.4 is 11.1 Å². The maximum Gasteiger partial charge on any atom is 0.248 e. The number of aromatic nitrogens is 5. The zero-order chi connectivity index (χ0) is 24.9. The Morgan fingerprint density at radius 3 is 2.61 bits per heavy atom. The number of hydrogen-bond acceptors (Lipinski definition) is 8. The van der Waals surface area contributed by atoms with Crippen molar-refractivity contribution in [2.75, 3.05) is 18.9 Å². The van der Waals surface area contributed by atoms with Crippen molar-refractivity contribution >= 4 is 22.8 Å². The number of rotatable bonds is 9. The van der Waals surface area contributed by atoms with Crippen LogP contribution in [0.15, 0.2) is 83.4 Å². The van der Waals surface area contributed by atoms with E-state index in [2.05, 4.69) is 25.6 Å². The average molecular weight is 484 g/mol. The number of nitrogens with one attached hydrogen (secondary N) is 1. The third-order valence-electron chi connectivity index (χ3n) is 5.62. The molecule has 0 aliphatic rings. The number of anilines is 1. The van der Waals surface area contributed by atoms with Crippen LogP contribution >= 0.6 is 0 Å². The number of nitrogen functional groups attached to an aromatic ring is 1. The molecular formula is C26H25N7O3. The van der Waals surface area contributed by atoms with Crippen LogP contribution in [-0.2, 0) is 9.53 Å². The standard InChI is InChI=1S/C26H25N7O3/c1-2-35-16-21(33-15-20(31-32-33)18-12-8-14-23(27)28-18)25(34)30-24(17-9-4-3-5-10-17)26-29-19-11-6-7-13-22(19)36-26/h3-15,21,24H,2,16H2,1H3,(H2,27,28)(H,30,34). The van der Waals surface area contributed by atoms with Gasteiger partial charge in [0.1, 0.15) is 23.1 Å². The highest BCUT2D eigenvalue weighted by Crippen LogP contribution is 2.26. The molecule has 0 aliphatic heterocycles. The second-order valence-electron chi connectivity index (χ2n) is 8.08.